The highest BCUT2D eigenvalue weighted by Gasteiger charge is 2.56. The number of unbranched alkanes of at least 4 members (excludes halogenated alkanes) is 6. The van der Waals surface area contributed by atoms with Crippen LogP contribution in [0.25, 0.3) is 0 Å². The van der Waals surface area contributed by atoms with Crippen LogP contribution in [-0.2, 0) is 4.18 Å². The molecule has 0 aromatic carbocycles. The van der Waals surface area contributed by atoms with Crippen molar-refractivity contribution < 1.29 is 26.1 Å². The summed E-state index contributed by atoms with van der Waals surface area (Å²) in [5, 5.41) is 1.05. The smallest absolute Gasteiger partial charge is 0.315 e. The molecule has 0 aromatic heterocycles. The molecule has 1 nitrogen and oxygen atoms in total. The largest absolute Gasteiger partial charge is 0.453 e. The third-order valence-corrected chi connectivity index (χ3v) is 4.43. The highest BCUT2D eigenvalue weighted by molar-refractivity contribution is 9.09. The van der Waals surface area contributed by atoms with Gasteiger partial charge >= 0.3 is 12.1 Å². The predicted octanol–water partition coefficient (Wildman–Crippen LogP) is 6.75. The molecule has 0 rings (SSSR count). The van der Waals surface area contributed by atoms with Crippen molar-refractivity contribution in [2.45, 2.75) is 69.9 Å². The van der Waals surface area contributed by atoms with Crippen LogP contribution in [0.2, 0.25) is 0 Å². The van der Waals surface area contributed by atoms with Crippen LogP contribution < -0.4 is 0 Å². The maximum atomic E-state index is 12.6. The Labute approximate surface area is 142 Å². The molecule has 134 valence electrons. The molecule has 0 aliphatic heterocycles. The van der Waals surface area contributed by atoms with Gasteiger partial charge in [-0.2, -0.15) is 22.0 Å². The average Bonchev–Trinajstić information content (AvgIpc) is 2.42. The van der Waals surface area contributed by atoms with Crippen LogP contribution in [-0.4, -0.2) is 29.8 Å². The Morgan fingerprint density at radius 1 is 0.773 bits per heavy atom. The summed E-state index contributed by atoms with van der Waals surface area (Å²) in [6, 6.07) is 0. The fraction of sp³-hybridized carbons (Fsp3) is 1.00. The van der Waals surface area contributed by atoms with E-state index < -0.39 is 18.5 Å². The summed E-state index contributed by atoms with van der Waals surface area (Å²) < 4.78 is 66.0. The predicted molar refractivity (Wildman–Crippen MR) is 84.8 cm³/mol. The van der Waals surface area contributed by atoms with Gasteiger partial charge in [-0.1, -0.05) is 48.0 Å². The van der Waals surface area contributed by atoms with E-state index in [1.165, 1.54) is 25.7 Å². The number of hydrogen-bond acceptors (Lipinski definition) is 2. The molecule has 0 unspecified atom stereocenters. The third-order valence-electron chi connectivity index (χ3n) is 3.08. The van der Waals surface area contributed by atoms with Gasteiger partial charge in [-0.3, -0.25) is 0 Å². The van der Waals surface area contributed by atoms with E-state index in [1.54, 1.807) is 0 Å². The van der Waals surface area contributed by atoms with Gasteiger partial charge in [-0.15, -0.1) is 0 Å². The lowest BCUT2D eigenvalue weighted by atomic mass is 10.1. The fourth-order valence-electron chi connectivity index (χ4n) is 1.75. The zero-order valence-corrected chi connectivity index (χ0v) is 15.0. The molecule has 8 heteroatoms. The van der Waals surface area contributed by atoms with Crippen LogP contribution in [0, 0.1) is 0 Å². The average molecular weight is 415 g/mol. The minimum Gasteiger partial charge on any atom is -0.315 e. The number of alkyl halides is 6. The monoisotopic (exact) mass is 414 g/mol. The highest BCUT2D eigenvalue weighted by Crippen LogP contribution is 2.39. The molecule has 0 bridgehead atoms. The van der Waals surface area contributed by atoms with E-state index >= 15 is 0 Å². The summed E-state index contributed by atoms with van der Waals surface area (Å²) in [6.07, 6.45) is 1.12. The molecule has 0 amide bonds. The van der Waals surface area contributed by atoms with Gasteiger partial charge in [0.1, 0.15) is 0 Å². The van der Waals surface area contributed by atoms with Gasteiger partial charge in [-0.25, -0.2) is 0 Å². The van der Waals surface area contributed by atoms with Crippen molar-refractivity contribution in [3.05, 3.63) is 0 Å². The SMILES string of the molecule is FC(F)(F)C(F)(F)CCCSOCCCCCCCCCBr. The van der Waals surface area contributed by atoms with Gasteiger partial charge < -0.3 is 4.18 Å². The number of rotatable bonds is 14. The third kappa shape index (κ3) is 11.9. The quantitative estimate of drug-likeness (QED) is 0.134. The summed E-state index contributed by atoms with van der Waals surface area (Å²) in [5.74, 6) is -4.44. The lowest BCUT2D eigenvalue weighted by Crippen LogP contribution is -2.36. The van der Waals surface area contributed by atoms with Crippen LogP contribution in [0.1, 0.15) is 57.8 Å². The summed E-state index contributed by atoms with van der Waals surface area (Å²) in [7, 11) is 0. The van der Waals surface area contributed by atoms with E-state index in [1.807, 2.05) is 0 Å². The summed E-state index contributed by atoms with van der Waals surface area (Å²) >= 11 is 4.36. The van der Waals surface area contributed by atoms with Crippen molar-refractivity contribution in [3.8, 4) is 0 Å². The minimum atomic E-state index is -5.45. The van der Waals surface area contributed by atoms with Crippen LogP contribution in [0.15, 0.2) is 0 Å². The molecule has 0 spiro atoms. The van der Waals surface area contributed by atoms with Crippen molar-refractivity contribution in [1.82, 2.24) is 0 Å². The molecular weight excluding hydrogens is 391 g/mol. The first kappa shape index (κ1) is 22.4. The second-order valence-corrected chi connectivity index (χ2v) is 6.79. The molecule has 0 aromatic rings. The van der Waals surface area contributed by atoms with Crippen LogP contribution in [0.3, 0.4) is 0 Å². The van der Waals surface area contributed by atoms with Gasteiger partial charge in [0.25, 0.3) is 0 Å². The second kappa shape index (κ2) is 12.8. The molecule has 0 N–H and O–H groups in total. The van der Waals surface area contributed by atoms with E-state index in [0.29, 0.717) is 6.61 Å². The molecule has 0 aliphatic carbocycles. The molecule has 0 saturated carbocycles. The van der Waals surface area contributed by atoms with E-state index in [0.717, 1.165) is 36.6 Å². The molecule has 0 saturated heterocycles. The molecular formula is C14H24BrF5OS. The van der Waals surface area contributed by atoms with Crippen LogP contribution in [0.4, 0.5) is 22.0 Å². The minimum absolute atomic E-state index is 0.151. The molecule has 0 aliphatic rings. The Morgan fingerprint density at radius 2 is 1.32 bits per heavy atom. The Morgan fingerprint density at radius 3 is 1.86 bits per heavy atom. The molecule has 0 atom stereocenters. The van der Waals surface area contributed by atoms with Gasteiger partial charge in [0, 0.05) is 17.5 Å². The summed E-state index contributed by atoms with van der Waals surface area (Å²) in [5.41, 5.74) is 0. The normalized spacial score (nSPS) is 12.8. The summed E-state index contributed by atoms with van der Waals surface area (Å²) in [4.78, 5) is 0. The first-order chi connectivity index (χ1) is 10.3. The van der Waals surface area contributed by atoms with Crippen molar-refractivity contribution in [2.75, 3.05) is 17.7 Å². The first-order valence-electron chi connectivity index (χ1n) is 7.56. The topological polar surface area (TPSA) is 9.23 Å². The van der Waals surface area contributed by atoms with Crippen molar-refractivity contribution in [2.24, 2.45) is 0 Å². The zero-order chi connectivity index (χ0) is 16.9. The Balaban J connectivity index is 3.28. The molecule has 0 fully saturated rings. The standard InChI is InChI=1S/C14H24BrF5OS/c15-10-6-4-2-1-3-5-7-11-21-22-12-8-9-13(16,17)14(18,19)20/h1-12H2. The zero-order valence-electron chi connectivity index (χ0n) is 12.6. The Hall–Kier alpha value is 0.440. The number of hydrogen-bond donors (Lipinski definition) is 0. The van der Waals surface area contributed by atoms with Crippen molar-refractivity contribution in [1.29, 1.82) is 0 Å². The van der Waals surface area contributed by atoms with E-state index in [-0.39, 0.29) is 12.2 Å². The van der Waals surface area contributed by atoms with Crippen LogP contribution in [0.5, 0.6) is 0 Å². The lowest BCUT2D eigenvalue weighted by molar-refractivity contribution is -0.284. The Bertz CT molecular complexity index is 264. The van der Waals surface area contributed by atoms with E-state index in [2.05, 4.69) is 15.9 Å². The van der Waals surface area contributed by atoms with E-state index in [9.17, 15) is 22.0 Å². The maximum Gasteiger partial charge on any atom is 0.453 e. The molecule has 0 heterocycles. The van der Waals surface area contributed by atoms with Gasteiger partial charge in [0.2, 0.25) is 0 Å². The van der Waals surface area contributed by atoms with E-state index in [4.69, 9.17) is 4.18 Å². The van der Waals surface area contributed by atoms with Gasteiger partial charge in [-0.05, 0) is 31.3 Å². The highest BCUT2D eigenvalue weighted by atomic mass is 79.9. The van der Waals surface area contributed by atoms with Gasteiger partial charge in [0.05, 0.1) is 6.61 Å². The first-order valence-corrected chi connectivity index (χ1v) is 9.59. The summed E-state index contributed by atoms with van der Waals surface area (Å²) in [6.45, 7) is 0.516. The number of halogens is 6. The second-order valence-electron chi connectivity index (χ2n) is 5.11. The van der Waals surface area contributed by atoms with Gasteiger partial charge in [0.15, 0.2) is 0 Å². The van der Waals surface area contributed by atoms with Crippen molar-refractivity contribution in [3.63, 3.8) is 0 Å². The molecule has 22 heavy (non-hydrogen) atoms. The lowest BCUT2D eigenvalue weighted by Gasteiger charge is -2.18. The maximum absolute atomic E-state index is 12.6. The van der Waals surface area contributed by atoms with Crippen LogP contribution >= 0.6 is 28.0 Å². The molecule has 0 radical (unpaired) electrons. The van der Waals surface area contributed by atoms with Crippen molar-refractivity contribution >= 4 is 28.0 Å². The Kier molecular flexibility index (Phi) is 13.1. The fourth-order valence-corrected chi connectivity index (χ4v) is 2.76.